The average Bonchev–Trinajstić information content (AvgIpc) is 2.49. The summed E-state index contributed by atoms with van der Waals surface area (Å²) < 4.78 is 38.7. The van der Waals surface area contributed by atoms with Gasteiger partial charge in [0.1, 0.15) is 5.82 Å². The number of carbonyl (C=O) groups is 1. The van der Waals surface area contributed by atoms with Crippen molar-refractivity contribution < 1.29 is 17.6 Å². The largest absolute Gasteiger partial charge is 0.325 e. The van der Waals surface area contributed by atoms with E-state index in [0.29, 0.717) is 5.69 Å². The number of anilines is 1. The number of sulfonamides is 1. The third-order valence-electron chi connectivity index (χ3n) is 3.21. The number of hydrogen-bond donors (Lipinski definition) is 1. The van der Waals surface area contributed by atoms with Crippen molar-refractivity contribution in [3.63, 3.8) is 0 Å². The zero-order chi connectivity index (χ0) is 17.0. The molecule has 0 fully saturated rings. The van der Waals surface area contributed by atoms with E-state index in [1.54, 1.807) is 12.1 Å². The Kier molecular flexibility index (Phi) is 5.12. The van der Waals surface area contributed by atoms with Gasteiger partial charge >= 0.3 is 0 Å². The molecule has 0 aliphatic carbocycles. The van der Waals surface area contributed by atoms with Crippen molar-refractivity contribution in [1.29, 1.82) is 0 Å². The van der Waals surface area contributed by atoms with Crippen LogP contribution in [0.25, 0.3) is 0 Å². The molecule has 0 radical (unpaired) electrons. The van der Waals surface area contributed by atoms with Gasteiger partial charge in [-0.1, -0.05) is 23.8 Å². The van der Waals surface area contributed by atoms with Crippen LogP contribution in [0.4, 0.5) is 10.1 Å². The van der Waals surface area contributed by atoms with E-state index >= 15 is 0 Å². The first-order valence-electron chi connectivity index (χ1n) is 6.87. The number of nitrogens with one attached hydrogen (secondary N) is 1. The fourth-order valence-electron chi connectivity index (χ4n) is 1.93. The lowest BCUT2D eigenvalue weighted by atomic mass is 10.2. The molecule has 0 unspecified atom stereocenters. The summed E-state index contributed by atoms with van der Waals surface area (Å²) in [6.45, 7) is 1.55. The second-order valence-corrected chi connectivity index (χ2v) is 7.18. The zero-order valence-corrected chi connectivity index (χ0v) is 13.6. The number of benzene rings is 2. The van der Waals surface area contributed by atoms with E-state index in [1.807, 2.05) is 19.1 Å². The molecular weight excluding hydrogens is 319 g/mol. The molecule has 0 aliphatic heterocycles. The number of amides is 1. The minimum atomic E-state index is -3.92. The molecule has 2 aromatic rings. The molecule has 0 heterocycles. The molecule has 0 atom stereocenters. The summed E-state index contributed by atoms with van der Waals surface area (Å²) in [5.41, 5.74) is 1.63. The second-order valence-electron chi connectivity index (χ2n) is 5.13. The summed E-state index contributed by atoms with van der Waals surface area (Å²) in [7, 11) is -2.65. The topological polar surface area (TPSA) is 66.5 Å². The van der Waals surface area contributed by atoms with Gasteiger partial charge in [-0.2, -0.15) is 4.31 Å². The molecule has 1 amide bonds. The van der Waals surface area contributed by atoms with Crippen molar-refractivity contribution in [2.45, 2.75) is 11.8 Å². The highest BCUT2D eigenvalue weighted by molar-refractivity contribution is 7.89. The van der Waals surface area contributed by atoms with E-state index in [9.17, 15) is 17.6 Å². The number of likely N-dealkylation sites (N-methyl/N-ethyl adjacent to an activating group) is 1. The van der Waals surface area contributed by atoms with Gasteiger partial charge in [0, 0.05) is 12.7 Å². The van der Waals surface area contributed by atoms with E-state index in [1.165, 1.54) is 19.2 Å². The standard InChI is InChI=1S/C16H17FN2O3S/c1-12-6-8-14(9-7-12)18-16(20)11-19(2)23(21,22)15-5-3-4-13(17)10-15/h3-10H,11H2,1-2H3,(H,18,20). The van der Waals surface area contributed by atoms with Gasteiger partial charge in [0.25, 0.3) is 0 Å². The molecule has 2 rings (SSSR count). The predicted molar refractivity (Wildman–Crippen MR) is 86.0 cm³/mol. The minimum absolute atomic E-state index is 0.192. The molecule has 2 aromatic carbocycles. The number of rotatable bonds is 5. The summed E-state index contributed by atoms with van der Waals surface area (Å²) in [6.07, 6.45) is 0. The fraction of sp³-hybridized carbons (Fsp3) is 0.188. The van der Waals surface area contributed by atoms with Crippen LogP contribution in [0.2, 0.25) is 0 Å². The second kappa shape index (κ2) is 6.89. The van der Waals surface area contributed by atoms with Gasteiger partial charge in [-0.05, 0) is 37.3 Å². The molecule has 7 heteroatoms. The molecule has 0 spiro atoms. The van der Waals surface area contributed by atoms with Gasteiger partial charge in [0.15, 0.2) is 0 Å². The molecular formula is C16H17FN2O3S. The minimum Gasteiger partial charge on any atom is -0.325 e. The highest BCUT2D eigenvalue weighted by Gasteiger charge is 2.23. The molecule has 0 saturated heterocycles. The summed E-state index contributed by atoms with van der Waals surface area (Å²) in [4.78, 5) is 11.8. The van der Waals surface area contributed by atoms with Crippen LogP contribution in [0, 0.1) is 12.7 Å². The van der Waals surface area contributed by atoms with Crippen LogP contribution < -0.4 is 5.32 Å². The maximum absolute atomic E-state index is 13.2. The Morgan fingerprint density at radius 2 is 1.83 bits per heavy atom. The summed E-state index contributed by atoms with van der Waals surface area (Å²) >= 11 is 0. The molecule has 0 aliphatic rings. The highest BCUT2D eigenvalue weighted by Crippen LogP contribution is 2.15. The van der Waals surface area contributed by atoms with Crippen LogP contribution in [0.1, 0.15) is 5.56 Å². The van der Waals surface area contributed by atoms with Crippen LogP contribution in [0.15, 0.2) is 53.4 Å². The smallest absolute Gasteiger partial charge is 0.243 e. The third kappa shape index (κ3) is 4.37. The number of nitrogens with zero attached hydrogens (tertiary/aromatic N) is 1. The van der Waals surface area contributed by atoms with Crippen molar-refractivity contribution in [1.82, 2.24) is 4.31 Å². The lowest BCUT2D eigenvalue weighted by Crippen LogP contribution is -2.35. The van der Waals surface area contributed by atoms with Crippen molar-refractivity contribution in [2.24, 2.45) is 0 Å². The van der Waals surface area contributed by atoms with Crippen LogP contribution >= 0.6 is 0 Å². The van der Waals surface area contributed by atoms with Gasteiger partial charge < -0.3 is 5.32 Å². The Morgan fingerprint density at radius 1 is 1.17 bits per heavy atom. The summed E-state index contributed by atoms with van der Waals surface area (Å²) in [6, 6.07) is 11.8. The first-order valence-corrected chi connectivity index (χ1v) is 8.31. The third-order valence-corrected chi connectivity index (χ3v) is 5.01. The Bertz CT molecular complexity index is 804. The lowest BCUT2D eigenvalue weighted by molar-refractivity contribution is -0.116. The van der Waals surface area contributed by atoms with Crippen LogP contribution in [0.3, 0.4) is 0 Å². The van der Waals surface area contributed by atoms with E-state index < -0.39 is 21.7 Å². The number of halogens is 1. The monoisotopic (exact) mass is 336 g/mol. The normalized spacial score (nSPS) is 11.5. The molecule has 0 saturated carbocycles. The SMILES string of the molecule is Cc1ccc(NC(=O)CN(C)S(=O)(=O)c2cccc(F)c2)cc1. The number of carbonyl (C=O) groups excluding carboxylic acids is 1. The Hall–Kier alpha value is -2.25. The maximum Gasteiger partial charge on any atom is 0.243 e. The average molecular weight is 336 g/mol. The first kappa shape index (κ1) is 17.1. The van der Waals surface area contributed by atoms with Gasteiger partial charge in [-0.3, -0.25) is 4.79 Å². The number of hydrogen-bond acceptors (Lipinski definition) is 3. The Balaban J connectivity index is 2.06. The Labute approximate surface area is 134 Å². The van der Waals surface area contributed by atoms with E-state index in [-0.39, 0.29) is 11.4 Å². The lowest BCUT2D eigenvalue weighted by Gasteiger charge is -2.17. The van der Waals surface area contributed by atoms with Gasteiger partial charge in [-0.15, -0.1) is 0 Å². The van der Waals surface area contributed by atoms with E-state index in [0.717, 1.165) is 22.0 Å². The van der Waals surface area contributed by atoms with Gasteiger partial charge in [-0.25, -0.2) is 12.8 Å². The van der Waals surface area contributed by atoms with Gasteiger partial charge in [0.2, 0.25) is 15.9 Å². The van der Waals surface area contributed by atoms with Crippen LogP contribution in [-0.2, 0) is 14.8 Å². The predicted octanol–water partition coefficient (Wildman–Crippen LogP) is 2.39. The quantitative estimate of drug-likeness (QED) is 0.912. The Morgan fingerprint density at radius 3 is 2.43 bits per heavy atom. The van der Waals surface area contributed by atoms with Crippen LogP contribution in [0.5, 0.6) is 0 Å². The van der Waals surface area contributed by atoms with E-state index in [4.69, 9.17) is 0 Å². The zero-order valence-electron chi connectivity index (χ0n) is 12.8. The van der Waals surface area contributed by atoms with Gasteiger partial charge in [0.05, 0.1) is 11.4 Å². The van der Waals surface area contributed by atoms with Crippen molar-refractivity contribution in [3.05, 3.63) is 59.9 Å². The fourth-order valence-corrected chi connectivity index (χ4v) is 3.09. The summed E-state index contributed by atoms with van der Waals surface area (Å²) in [5.74, 6) is -1.13. The molecule has 23 heavy (non-hydrogen) atoms. The van der Waals surface area contributed by atoms with Crippen LogP contribution in [-0.4, -0.2) is 32.2 Å². The van der Waals surface area contributed by atoms with Crippen molar-refractivity contribution in [3.8, 4) is 0 Å². The summed E-state index contributed by atoms with van der Waals surface area (Å²) in [5, 5.41) is 2.62. The number of aryl methyl sites for hydroxylation is 1. The molecule has 122 valence electrons. The maximum atomic E-state index is 13.2. The molecule has 5 nitrogen and oxygen atoms in total. The van der Waals surface area contributed by atoms with Crippen molar-refractivity contribution >= 4 is 21.6 Å². The molecule has 0 aromatic heterocycles. The highest BCUT2D eigenvalue weighted by atomic mass is 32.2. The van der Waals surface area contributed by atoms with Crippen molar-refractivity contribution in [2.75, 3.05) is 18.9 Å². The molecule has 0 bridgehead atoms. The van der Waals surface area contributed by atoms with E-state index in [2.05, 4.69) is 5.32 Å². The first-order chi connectivity index (χ1) is 10.8. The molecule has 1 N–H and O–H groups in total.